The molecule has 31 heavy (non-hydrogen) atoms. The lowest BCUT2D eigenvalue weighted by Gasteiger charge is -2.09. The number of thiophene rings is 1. The molecule has 0 unspecified atom stereocenters. The normalized spacial score (nSPS) is 10.6. The third kappa shape index (κ3) is 5.98. The molecule has 0 saturated heterocycles. The van der Waals surface area contributed by atoms with E-state index in [-0.39, 0.29) is 18.9 Å². The molecule has 2 heterocycles. The molecule has 10 heteroatoms. The Balaban J connectivity index is 1.55. The van der Waals surface area contributed by atoms with E-state index in [1.54, 1.807) is 11.3 Å². The van der Waals surface area contributed by atoms with Crippen LogP contribution in [0, 0.1) is 6.92 Å². The molecule has 0 aliphatic carbocycles. The van der Waals surface area contributed by atoms with Crippen molar-refractivity contribution in [3.63, 3.8) is 0 Å². The van der Waals surface area contributed by atoms with E-state index >= 15 is 0 Å². The number of hydrogen-bond acceptors (Lipinski definition) is 7. The lowest BCUT2D eigenvalue weighted by Crippen LogP contribution is -2.39. The monoisotopic (exact) mass is 441 g/mol. The van der Waals surface area contributed by atoms with Crippen LogP contribution in [0.15, 0.2) is 36.7 Å². The Morgan fingerprint density at radius 1 is 1.03 bits per heavy atom. The van der Waals surface area contributed by atoms with Gasteiger partial charge in [-0.3, -0.25) is 14.4 Å². The molecule has 0 spiro atoms. The van der Waals surface area contributed by atoms with E-state index in [1.807, 2.05) is 18.2 Å². The van der Waals surface area contributed by atoms with Crippen molar-refractivity contribution in [1.29, 1.82) is 0 Å². The number of benzene rings is 1. The summed E-state index contributed by atoms with van der Waals surface area (Å²) in [5.41, 5.74) is 2.21. The molecule has 4 N–H and O–H groups in total. The van der Waals surface area contributed by atoms with Gasteiger partial charge in [0.2, 0.25) is 11.8 Å². The predicted molar refractivity (Wildman–Crippen MR) is 119 cm³/mol. The van der Waals surface area contributed by atoms with Gasteiger partial charge >= 0.3 is 5.97 Å². The van der Waals surface area contributed by atoms with E-state index in [0.29, 0.717) is 13.0 Å². The van der Waals surface area contributed by atoms with Crippen LogP contribution in [0.25, 0.3) is 21.3 Å². The fourth-order valence-corrected chi connectivity index (χ4v) is 4.10. The number of aromatic nitrogens is 2. The molecule has 3 aromatic rings. The van der Waals surface area contributed by atoms with E-state index in [1.165, 1.54) is 6.33 Å². The number of aliphatic carboxylic acids is 1. The van der Waals surface area contributed by atoms with Crippen LogP contribution in [-0.2, 0) is 14.4 Å². The second-order valence-electron chi connectivity index (χ2n) is 6.78. The highest BCUT2D eigenvalue weighted by atomic mass is 32.1. The molecule has 3 rings (SSSR count). The summed E-state index contributed by atoms with van der Waals surface area (Å²) in [5, 5.41) is 17.4. The van der Waals surface area contributed by atoms with E-state index in [2.05, 4.69) is 45.0 Å². The van der Waals surface area contributed by atoms with Gasteiger partial charge in [-0.05, 0) is 18.9 Å². The molecule has 0 bridgehead atoms. The highest BCUT2D eigenvalue weighted by Gasteiger charge is 2.16. The second kappa shape index (κ2) is 10.5. The Morgan fingerprint density at radius 2 is 1.77 bits per heavy atom. The average Bonchev–Trinajstić information content (AvgIpc) is 3.10. The molecule has 0 radical (unpaired) electrons. The van der Waals surface area contributed by atoms with E-state index in [9.17, 15) is 14.4 Å². The van der Waals surface area contributed by atoms with Crippen molar-refractivity contribution in [2.75, 3.05) is 25.0 Å². The molecule has 2 aromatic heterocycles. The number of carboxylic acid groups (broad SMARTS) is 1. The van der Waals surface area contributed by atoms with Crippen LogP contribution in [-0.4, -0.2) is 52.5 Å². The Morgan fingerprint density at radius 3 is 2.52 bits per heavy atom. The van der Waals surface area contributed by atoms with Crippen LogP contribution in [0.5, 0.6) is 0 Å². The van der Waals surface area contributed by atoms with Gasteiger partial charge in [0.05, 0.1) is 11.9 Å². The Labute approximate surface area is 182 Å². The number of amides is 2. The third-order valence-corrected chi connectivity index (χ3v) is 5.50. The van der Waals surface area contributed by atoms with Gasteiger partial charge < -0.3 is 21.1 Å². The minimum atomic E-state index is -1.14. The largest absolute Gasteiger partial charge is 0.480 e. The number of anilines is 1. The quantitative estimate of drug-likeness (QED) is 0.354. The molecular formula is C21H23N5O4S. The van der Waals surface area contributed by atoms with Crippen LogP contribution in [0.1, 0.15) is 17.7 Å². The molecule has 0 fully saturated rings. The summed E-state index contributed by atoms with van der Waals surface area (Å²) >= 11 is 1.62. The van der Waals surface area contributed by atoms with Crippen molar-refractivity contribution in [2.24, 2.45) is 0 Å². The first-order valence-corrected chi connectivity index (χ1v) is 10.6. The number of aryl methyl sites for hydroxylation is 1. The summed E-state index contributed by atoms with van der Waals surface area (Å²) in [4.78, 5) is 44.6. The third-order valence-electron chi connectivity index (χ3n) is 4.48. The predicted octanol–water partition coefficient (Wildman–Crippen LogP) is 2.18. The number of nitrogens with zero attached hydrogens (tertiary/aromatic N) is 2. The SMILES string of the molecule is Cc1sc2ncnc(NCCCC(=O)NCC(=O)NCC(=O)O)c2c1-c1ccccc1. The highest BCUT2D eigenvalue weighted by molar-refractivity contribution is 7.19. The minimum Gasteiger partial charge on any atom is -0.480 e. The van der Waals surface area contributed by atoms with Crippen molar-refractivity contribution < 1.29 is 19.5 Å². The molecule has 0 atom stereocenters. The van der Waals surface area contributed by atoms with E-state index < -0.39 is 18.4 Å². The smallest absolute Gasteiger partial charge is 0.322 e. The van der Waals surface area contributed by atoms with Gasteiger partial charge in [-0.2, -0.15) is 0 Å². The van der Waals surface area contributed by atoms with Gasteiger partial charge in [0.1, 0.15) is 23.5 Å². The van der Waals surface area contributed by atoms with Gasteiger partial charge in [-0.1, -0.05) is 30.3 Å². The first kappa shape index (κ1) is 22.2. The molecular weight excluding hydrogens is 418 g/mol. The van der Waals surface area contributed by atoms with Crippen LogP contribution in [0.3, 0.4) is 0 Å². The number of rotatable bonds is 10. The van der Waals surface area contributed by atoms with Crippen LogP contribution >= 0.6 is 11.3 Å². The molecule has 0 aliphatic rings. The topological polar surface area (TPSA) is 133 Å². The maximum atomic E-state index is 11.9. The fraction of sp³-hybridized carbons (Fsp3) is 0.286. The van der Waals surface area contributed by atoms with Crippen molar-refractivity contribution in [3.05, 3.63) is 41.5 Å². The number of carboxylic acids is 1. The number of fused-ring (bicyclic) bond motifs is 1. The Bertz CT molecular complexity index is 1080. The summed E-state index contributed by atoms with van der Waals surface area (Å²) in [5.74, 6) is -1.24. The first-order valence-electron chi connectivity index (χ1n) is 9.74. The fourth-order valence-electron chi connectivity index (χ4n) is 3.09. The van der Waals surface area contributed by atoms with Gasteiger partial charge in [0, 0.05) is 23.4 Å². The Kier molecular flexibility index (Phi) is 7.50. The van der Waals surface area contributed by atoms with Crippen molar-refractivity contribution in [2.45, 2.75) is 19.8 Å². The van der Waals surface area contributed by atoms with Crippen LogP contribution in [0.2, 0.25) is 0 Å². The van der Waals surface area contributed by atoms with Crippen LogP contribution < -0.4 is 16.0 Å². The van der Waals surface area contributed by atoms with Crippen LogP contribution in [0.4, 0.5) is 5.82 Å². The van der Waals surface area contributed by atoms with Gasteiger partial charge in [-0.15, -0.1) is 11.3 Å². The summed E-state index contributed by atoms with van der Waals surface area (Å²) in [6.45, 7) is 1.86. The maximum absolute atomic E-state index is 11.9. The molecule has 2 amide bonds. The molecule has 0 saturated carbocycles. The van der Waals surface area contributed by atoms with Crippen molar-refractivity contribution in [3.8, 4) is 11.1 Å². The zero-order chi connectivity index (χ0) is 22.2. The zero-order valence-electron chi connectivity index (χ0n) is 17.0. The number of carbonyl (C=O) groups is 3. The Hall–Kier alpha value is -3.53. The molecule has 162 valence electrons. The maximum Gasteiger partial charge on any atom is 0.322 e. The number of nitrogens with one attached hydrogen (secondary N) is 3. The lowest BCUT2D eigenvalue weighted by molar-refractivity contribution is -0.137. The van der Waals surface area contributed by atoms with Crippen molar-refractivity contribution >= 4 is 45.2 Å². The van der Waals surface area contributed by atoms with E-state index in [0.717, 1.165) is 32.0 Å². The standard InChI is InChI=1S/C21H23N5O4S/c1-13-18(14-6-3-2-4-7-14)19-20(25-12-26-21(19)31-13)22-9-5-8-15(27)23-10-16(28)24-11-17(29)30/h2-4,6-7,12H,5,8-11H2,1H3,(H,23,27)(H,24,28)(H,29,30)(H,22,25,26). The van der Waals surface area contributed by atoms with Gasteiger partial charge in [0.25, 0.3) is 0 Å². The minimum absolute atomic E-state index is 0.224. The summed E-state index contributed by atoms with van der Waals surface area (Å²) < 4.78 is 0. The summed E-state index contributed by atoms with van der Waals surface area (Å²) in [7, 11) is 0. The van der Waals surface area contributed by atoms with Crippen molar-refractivity contribution in [1.82, 2.24) is 20.6 Å². The molecule has 1 aromatic carbocycles. The summed E-state index contributed by atoms with van der Waals surface area (Å²) in [6.07, 6.45) is 2.29. The molecule has 0 aliphatic heterocycles. The van der Waals surface area contributed by atoms with E-state index in [4.69, 9.17) is 5.11 Å². The molecule has 9 nitrogen and oxygen atoms in total. The number of carbonyl (C=O) groups excluding carboxylic acids is 2. The average molecular weight is 442 g/mol. The van der Waals surface area contributed by atoms with Gasteiger partial charge in [0.15, 0.2) is 0 Å². The summed E-state index contributed by atoms with van der Waals surface area (Å²) in [6, 6.07) is 10.1. The first-order chi connectivity index (χ1) is 15.0. The lowest BCUT2D eigenvalue weighted by atomic mass is 10.0. The number of hydrogen-bond donors (Lipinski definition) is 4. The second-order valence-corrected chi connectivity index (χ2v) is 7.98. The highest BCUT2D eigenvalue weighted by Crippen LogP contribution is 2.40. The van der Waals surface area contributed by atoms with Gasteiger partial charge in [-0.25, -0.2) is 9.97 Å². The zero-order valence-corrected chi connectivity index (χ0v) is 17.8.